The maximum Gasteiger partial charge on any atom is 0.308 e. The molecule has 0 aromatic heterocycles. The molecule has 2 atom stereocenters. The maximum atomic E-state index is 11.0. The van der Waals surface area contributed by atoms with Crippen molar-refractivity contribution in [2.45, 2.75) is 20.8 Å². The molecule has 0 bridgehead atoms. The first-order valence-corrected chi connectivity index (χ1v) is 4.20. The fourth-order valence-corrected chi connectivity index (χ4v) is 0.811. The molecule has 0 heterocycles. The lowest BCUT2D eigenvalue weighted by atomic mass is 9.97. The summed E-state index contributed by atoms with van der Waals surface area (Å²) in [6, 6.07) is 0. The minimum Gasteiger partial charge on any atom is -0.469 e. The molecular weight excluding hydrogens is 172 g/mol. The molecule has 0 rings (SSSR count). The Kier molecular flexibility index (Phi) is 5.11. The van der Waals surface area contributed by atoms with Gasteiger partial charge in [-0.2, -0.15) is 0 Å². The van der Waals surface area contributed by atoms with Crippen molar-refractivity contribution in [2.24, 2.45) is 11.8 Å². The van der Waals surface area contributed by atoms with E-state index >= 15 is 0 Å². The Hall–Kier alpha value is -1.06. The van der Waals surface area contributed by atoms with Crippen LogP contribution in [-0.2, 0) is 19.1 Å². The number of methoxy groups -OCH3 is 1. The summed E-state index contributed by atoms with van der Waals surface area (Å²) in [5, 5.41) is 0. The van der Waals surface area contributed by atoms with Crippen LogP contribution in [0.1, 0.15) is 20.8 Å². The van der Waals surface area contributed by atoms with Gasteiger partial charge < -0.3 is 9.47 Å². The first kappa shape index (κ1) is 11.9. The van der Waals surface area contributed by atoms with Crippen molar-refractivity contribution in [3.8, 4) is 0 Å². The smallest absolute Gasteiger partial charge is 0.308 e. The van der Waals surface area contributed by atoms with Crippen LogP contribution in [-0.4, -0.2) is 25.7 Å². The third-order valence-corrected chi connectivity index (χ3v) is 1.98. The Morgan fingerprint density at radius 2 is 1.85 bits per heavy atom. The Morgan fingerprint density at radius 1 is 1.31 bits per heavy atom. The van der Waals surface area contributed by atoms with Crippen LogP contribution >= 0.6 is 0 Å². The fourth-order valence-electron chi connectivity index (χ4n) is 0.811. The topological polar surface area (TPSA) is 52.6 Å². The van der Waals surface area contributed by atoms with Crippen LogP contribution in [0.3, 0.4) is 0 Å². The van der Waals surface area contributed by atoms with Crippen LogP contribution in [0.2, 0.25) is 0 Å². The van der Waals surface area contributed by atoms with E-state index in [4.69, 9.17) is 4.74 Å². The van der Waals surface area contributed by atoms with Gasteiger partial charge in [-0.1, -0.05) is 13.8 Å². The minimum atomic E-state index is -0.330. The second-order valence-corrected chi connectivity index (χ2v) is 3.09. The third kappa shape index (κ3) is 4.50. The lowest BCUT2D eigenvalue weighted by molar-refractivity contribution is -0.150. The molecule has 0 aromatic rings. The van der Waals surface area contributed by atoms with Crippen LogP contribution in [0.25, 0.3) is 0 Å². The van der Waals surface area contributed by atoms with Gasteiger partial charge in [0.05, 0.1) is 19.6 Å². The summed E-state index contributed by atoms with van der Waals surface area (Å²) < 4.78 is 9.33. The van der Waals surface area contributed by atoms with Gasteiger partial charge >= 0.3 is 11.9 Å². The summed E-state index contributed by atoms with van der Waals surface area (Å²) in [4.78, 5) is 21.5. The molecule has 0 aliphatic carbocycles. The summed E-state index contributed by atoms with van der Waals surface area (Å²) in [6.07, 6.45) is 0. The molecular formula is C9H16O4. The molecule has 0 N–H and O–H groups in total. The Morgan fingerprint density at radius 3 is 2.23 bits per heavy atom. The molecule has 0 spiro atoms. The van der Waals surface area contributed by atoms with Crippen LogP contribution in [0, 0.1) is 11.8 Å². The molecule has 0 aromatic carbocycles. The number of esters is 2. The third-order valence-electron chi connectivity index (χ3n) is 1.98. The molecule has 0 saturated carbocycles. The monoisotopic (exact) mass is 188 g/mol. The van der Waals surface area contributed by atoms with E-state index in [-0.39, 0.29) is 30.4 Å². The first-order valence-electron chi connectivity index (χ1n) is 4.20. The molecule has 4 heteroatoms. The van der Waals surface area contributed by atoms with Gasteiger partial charge in [-0.25, -0.2) is 0 Å². The van der Waals surface area contributed by atoms with E-state index in [2.05, 4.69) is 4.74 Å². The number of hydrogen-bond acceptors (Lipinski definition) is 4. The molecule has 0 amide bonds. The van der Waals surface area contributed by atoms with Crippen molar-refractivity contribution in [1.82, 2.24) is 0 Å². The second kappa shape index (κ2) is 5.56. The largest absolute Gasteiger partial charge is 0.469 e. The Bertz CT molecular complexity index is 188. The molecule has 0 saturated heterocycles. The lowest BCUT2D eigenvalue weighted by Gasteiger charge is -2.16. The SMILES string of the molecule is COC(=O)[C@@H](C)[C@@H](C)COC(C)=O. The average Bonchev–Trinajstić information content (AvgIpc) is 2.11. The number of carbonyl (C=O) groups excluding carboxylic acids is 2. The van der Waals surface area contributed by atoms with Gasteiger partial charge in [0.2, 0.25) is 0 Å². The standard InChI is InChI=1S/C9H16O4/c1-6(5-13-8(3)10)7(2)9(11)12-4/h6-7H,5H2,1-4H3/t6-,7-/m0/s1. The highest BCUT2D eigenvalue weighted by Crippen LogP contribution is 2.12. The molecule has 76 valence electrons. The van der Waals surface area contributed by atoms with Crippen LogP contribution < -0.4 is 0 Å². The van der Waals surface area contributed by atoms with Crippen molar-refractivity contribution >= 4 is 11.9 Å². The quantitative estimate of drug-likeness (QED) is 0.617. The molecule has 0 radical (unpaired) electrons. The van der Waals surface area contributed by atoms with Crippen molar-refractivity contribution in [2.75, 3.05) is 13.7 Å². The zero-order valence-corrected chi connectivity index (χ0v) is 8.49. The van der Waals surface area contributed by atoms with Gasteiger partial charge in [-0.05, 0) is 0 Å². The zero-order valence-electron chi connectivity index (χ0n) is 8.49. The molecule has 13 heavy (non-hydrogen) atoms. The maximum absolute atomic E-state index is 11.0. The van der Waals surface area contributed by atoms with Gasteiger partial charge in [0.15, 0.2) is 0 Å². The van der Waals surface area contributed by atoms with Crippen LogP contribution in [0.5, 0.6) is 0 Å². The predicted molar refractivity (Wildman–Crippen MR) is 47.0 cm³/mol. The van der Waals surface area contributed by atoms with E-state index < -0.39 is 0 Å². The highest BCUT2D eigenvalue weighted by molar-refractivity contribution is 5.72. The van der Waals surface area contributed by atoms with Gasteiger partial charge in [0.25, 0.3) is 0 Å². The van der Waals surface area contributed by atoms with E-state index in [1.807, 2.05) is 6.92 Å². The van der Waals surface area contributed by atoms with Crippen LogP contribution in [0.4, 0.5) is 0 Å². The van der Waals surface area contributed by atoms with E-state index in [1.165, 1.54) is 14.0 Å². The summed E-state index contributed by atoms with van der Waals surface area (Å²) in [7, 11) is 1.34. The van der Waals surface area contributed by atoms with E-state index in [0.29, 0.717) is 0 Å². The molecule has 0 fully saturated rings. The Balaban J connectivity index is 3.88. The summed E-state index contributed by atoms with van der Waals surface area (Å²) in [5.41, 5.74) is 0. The summed E-state index contributed by atoms with van der Waals surface area (Å²) in [5.74, 6) is -0.871. The lowest BCUT2D eigenvalue weighted by Crippen LogP contribution is -2.24. The van der Waals surface area contributed by atoms with Gasteiger partial charge in [0.1, 0.15) is 0 Å². The van der Waals surface area contributed by atoms with Crippen molar-refractivity contribution in [3.63, 3.8) is 0 Å². The van der Waals surface area contributed by atoms with E-state index in [9.17, 15) is 9.59 Å². The highest BCUT2D eigenvalue weighted by Gasteiger charge is 2.21. The molecule has 0 unspecified atom stereocenters. The Labute approximate surface area is 78.2 Å². The number of hydrogen-bond donors (Lipinski definition) is 0. The molecule has 0 aliphatic rings. The van der Waals surface area contributed by atoms with E-state index in [1.54, 1.807) is 6.92 Å². The highest BCUT2D eigenvalue weighted by atomic mass is 16.5. The molecule has 4 nitrogen and oxygen atoms in total. The predicted octanol–water partition coefficient (Wildman–Crippen LogP) is 0.995. The number of rotatable bonds is 4. The van der Waals surface area contributed by atoms with Crippen molar-refractivity contribution < 1.29 is 19.1 Å². The number of ether oxygens (including phenoxy) is 2. The van der Waals surface area contributed by atoms with Gasteiger partial charge in [0, 0.05) is 12.8 Å². The van der Waals surface area contributed by atoms with Gasteiger partial charge in [-0.15, -0.1) is 0 Å². The first-order chi connectivity index (χ1) is 5.99. The van der Waals surface area contributed by atoms with Crippen LogP contribution in [0.15, 0.2) is 0 Å². The second-order valence-electron chi connectivity index (χ2n) is 3.09. The van der Waals surface area contributed by atoms with Crippen molar-refractivity contribution in [3.05, 3.63) is 0 Å². The minimum absolute atomic E-state index is 0.0173. The average molecular weight is 188 g/mol. The fraction of sp³-hybridized carbons (Fsp3) is 0.778. The van der Waals surface area contributed by atoms with Gasteiger partial charge in [-0.3, -0.25) is 9.59 Å². The molecule has 0 aliphatic heterocycles. The summed E-state index contributed by atoms with van der Waals surface area (Å²) in [6.45, 7) is 5.19. The normalized spacial score (nSPS) is 14.5. The van der Waals surface area contributed by atoms with E-state index in [0.717, 1.165) is 0 Å². The summed E-state index contributed by atoms with van der Waals surface area (Å²) >= 11 is 0. The number of carbonyl (C=O) groups is 2. The van der Waals surface area contributed by atoms with Crippen molar-refractivity contribution in [1.29, 1.82) is 0 Å². The zero-order chi connectivity index (χ0) is 10.4.